The van der Waals surface area contributed by atoms with E-state index in [9.17, 15) is 4.79 Å². The monoisotopic (exact) mass is 213 g/mol. The highest BCUT2D eigenvalue weighted by molar-refractivity contribution is 5.87. The predicted molar refractivity (Wildman–Crippen MR) is 57.0 cm³/mol. The zero-order valence-electron chi connectivity index (χ0n) is 9.24. The average Bonchev–Trinajstić information content (AvgIpc) is 2.66. The summed E-state index contributed by atoms with van der Waals surface area (Å²) in [6, 6.07) is 0. The van der Waals surface area contributed by atoms with Gasteiger partial charge in [0.15, 0.2) is 0 Å². The van der Waals surface area contributed by atoms with Crippen LogP contribution in [0, 0.1) is 5.92 Å². The van der Waals surface area contributed by atoms with Crippen molar-refractivity contribution in [2.45, 2.75) is 45.4 Å². The Labute approximate surface area is 90.3 Å². The van der Waals surface area contributed by atoms with Gasteiger partial charge in [-0.25, -0.2) is 0 Å². The highest BCUT2D eigenvalue weighted by Crippen LogP contribution is 2.27. The van der Waals surface area contributed by atoms with E-state index in [0.717, 1.165) is 37.8 Å². The second kappa shape index (κ2) is 6.43. The molecule has 1 atom stereocenters. The van der Waals surface area contributed by atoms with Crippen molar-refractivity contribution in [2.24, 2.45) is 11.1 Å². The first-order valence-corrected chi connectivity index (χ1v) is 5.64. The first-order chi connectivity index (χ1) is 7.27. The number of nitrogens with zero attached hydrogens (tertiary/aromatic N) is 1. The van der Waals surface area contributed by atoms with Gasteiger partial charge in [-0.3, -0.25) is 4.79 Å². The molecule has 0 spiro atoms. The lowest BCUT2D eigenvalue weighted by Gasteiger charge is -2.08. The maximum Gasteiger partial charge on any atom is 0.305 e. The largest absolute Gasteiger partial charge is 0.466 e. The molecule has 1 rings (SSSR count). The molecule has 4 heteroatoms. The molecular weight excluding hydrogens is 194 g/mol. The van der Waals surface area contributed by atoms with Gasteiger partial charge in [0.05, 0.1) is 12.3 Å². The second-order valence-electron chi connectivity index (χ2n) is 3.88. The molecule has 1 unspecified atom stereocenters. The third kappa shape index (κ3) is 3.90. The zero-order valence-corrected chi connectivity index (χ0v) is 9.24. The Morgan fingerprint density at radius 3 is 3.13 bits per heavy atom. The molecule has 86 valence electrons. The average molecular weight is 213 g/mol. The summed E-state index contributed by atoms with van der Waals surface area (Å²) < 4.78 is 4.84. The highest BCUT2D eigenvalue weighted by Gasteiger charge is 2.22. The number of esters is 1. The maximum atomic E-state index is 11.1. The number of carbonyl (C=O) groups is 1. The van der Waals surface area contributed by atoms with Crippen molar-refractivity contribution >= 4 is 11.7 Å². The molecule has 0 aromatic heterocycles. The van der Waals surface area contributed by atoms with Gasteiger partial charge in [-0.05, 0) is 39.0 Å². The second-order valence-corrected chi connectivity index (χ2v) is 3.88. The molecule has 0 aromatic rings. The normalized spacial score (nSPS) is 23.3. The van der Waals surface area contributed by atoms with E-state index in [0.29, 0.717) is 18.9 Å². The summed E-state index contributed by atoms with van der Waals surface area (Å²) in [5.74, 6) is 0.252. The van der Waals surface area contributed by atoms with Crippen LogP contribution in [0.4, 0.5) is 0 Å². The van der Waals surface area contributed by atoms with Gasteiger partial charge >= 0.3 is 5.97 Å². The molecule has 0 aliphatic heterocycles. The van der Waals surface area contributed by atoms with Crippen LogP contribution >= 0.6 is 0 Å². The fourth-order valence-electron chi connectivity index (χ4n) is 2.07. The fraction of sp³-hybridized carbons (Fsp3) is 0.818. The van der Waals surface area contributed by atoms with Crippen molar-refractivity contribution in [3.8, 4) is 0 Å². The Hall–Kier alpha value is -1.06. The molecule has 0 saturated heterocycles. The predicted octanol–water partition coefficient (Wildman–Crippen LogP) is 2.35. The number of hydrogen-bond donors (Lipinski definition) is 1. The summed E-state index contributed by atoms with van der Waals surface area (Å²) >= 11 is 0. The Balaban J connectivity index is 2.17. The molecular formula is C11H19NO3. The molecule has 1 N–H and O–H groups in total. The molecule has 4 nitrogen and oxygen atoms in total. The topological polar surface area (TPSA) is 58.9 Å². The maximum absolute atomic E-state index is 11.1. The fourth-order valence-corrected chi connectivity index (χ4v) is 2.07. The van der Waals surface area contributed by atoms with Gasteiger partial charge in [0.1, 0.15) is 0 Å². The summed E-state index contributed by atoms with van der Waals surface area (Å²) in [4.78, 5) is 11.1. The zero-order chi connectivity index (χ0) is 11.1. The van der Waals surface area contributed by atoms with E-state index in [1.807, 2.05) is 6.92 Å². The van der Waals surface area contributed by atoms with Crippen LogP contribution in [0.5, 0.6) is 0 Å². The van der Waals surface area contributed by atoms with Crippen LogP contribution in [-0.4, -0.2) is 23.5 Å². The van der Waals surface area contributed by atoms with E-state index in [1.165, 1.54) is 0 Å². The first kappa shape index (κ1) is 12.0. The molecule has 1 fully saturated rings. The molecule has 1 aliphatic rings. The molecule has 1 aliphatic carbocycles. The molecule has 15 heavy (non-hydrogen) atoms. The third-order valence-corrected chi connectivity index (χ3v) is 2.82. The molecule has 0 amide bonds. The van der Waals surface area contributed by atoms with Crippen molar-refractivity contribution in [3.63, 3.8) is 0 Å². The van der Waals surface area contributed by atoms with Crippen LogP contribution in [0.15, 0.2) is 5.16 Å². The lowest BCUT2D eigenvalue weighted by Crippen LogP contribution is -2.09. The van der Waals surface area contributed by atoms with Gasteiger partial charge in [0.2, 0.25) is 0 Å². The van der Waals surface area contributed by atoms with E-state index in [1.54, 1.807) is 0 Å². The van der Waals surface area contributed by atoms with Gasteiger partial charge in [0.25, 0.3) is 0 Å². The van der Waals surface area contributed by atoms with Crippen molar-refractivity contribution in [3.05, 3.63) is 0 Å². The van der Waals surface area contributed by atoms with Crippen LogP contribution in [0.2, 0.25) is 0 Å². The van der Waals surface area contributed by atoms with Crippen molar-refractivity contribution < 1.29 is 14.7 Å². The lowest BCUT2D eigenvalue weighted by atomic mass is 9.99. The van der Waals surface area contributed by atoms with Crippen LogP contribution in [0.25, 0.3) is 0 Å². The Bertz CT molecular complexity index is 238. The number of hydrogen-bond acceptors (Lipinski definition) is 4. The van der Waals surface area contributed by atoms with E-state index in [-0.39, 0.29) is 5.97 Å². The molecule has 0 heterocycles. The summed E-state index contributed by atoms with van der Waals surface area (Å²) in [7, 11) is 0. The minimum absolute atomic E-state index is 0.127. The number of carbonyl (C=O) groups excluding carboxylic acids is 1. The van der Waals surface area contributed by atoms with Gasteiger partial charge in [-0.2, -0.15) is 0 Å². The summed E-state index contributed by atoms with van der Waals surface area (Å²) in [5, 5.41) is 12.0. The Morgan fingerprint density at radius 1 is 1.67 bits per heavy atom. The SMILES string of the molecule is CCOC(=O)CCCC1CCCC1=NO. The van der Waals surface area contributed by atoms with Crippen molar-refractivity contribution in [1.82, 2.24) is 0 Å². The molecule has 1 saturated carbocycles. The van der Waals surface area contributed by atoms with E-state index < -0.39 is 0 Å². The summed E-state index contributed by atoms with van der Waals surface area (Å²) in [5.41, 5.74) is 0.902. The van der Waals surface area contributed by atoms with Gasteiger partial charge < -0.3 is 9.94 Å². The minimum atomic E-state index is -0.127. The minimum Gasteiger partial charge on any atom is -0.466 e. The van der Waals surface area contributed by atoms with Crippen molar-refractivity contribution in [1.29, 1.82) is 0 Å². The smallest absolute Gasteiger partial charge is 0.305 e. The number of oxime groups is 1. The Kier molecular flexibility index (Phi) is 5.15. The number of ether oxygens (including phenoxy) is 1. The first-order valence-electron chi connectivity index (χ1n) is 5.64. The van der Waals surface area contributed by atoms with Gasteiger partial charge in [-0.15, -0.1) is 0 Å². The molecule has 0 radical (unpaired) electrons. The summed E-state index contributed by atoms with van der Waals surface area (Å²) in [6.45, 7) is 2.26. The standard InChI is InChI=1S/C11H19NO3/c1-2-15-11(13)8-4-6-9-5-3-7-10(9)12-14/h9,14H,2-8H2,1H3. The van der Waals surface area contributed by atoms with Crippen LogP contribution < -0.4 is 0 Å². The van der Waals surface area contributed by atoms with Gasteiger partial charge in [0, 0.05) is 12.3 Å². The lowest BCUT2D eigenvalue weighted by molar-refractivity contribution is -0.143. The Morgan fingerprint density at radius 2 is 2.47 bits per heavy atom. The van der Waals surface area contributed by atoms with Gasteiger partial charge in [-0.1, -0.05) is 5.16 Å². The molecule has 0 aromatic carbocycles. The summed E-state index contributed by atoms with van der Waals surface area (Å²) in [6.07, 6.45) is 5.32. The highest BCUT2D eigenvalue weighted by atomic mass is 16.5. The van der Waals surface area contributed by atoms with Crippen molar-refractivity contribution in [2.75, 3.05) is 6.61 Å². The number of rotatable bonds is 5. The van der Waals surface area contributed by atoms with E-state index in [4.69, 9.17) is 9.94 Å². The van der Waals surface area contributed by atoms with E-state index >= 15 is 0 Å². The van der Waals surface area contributed by atoms with Crippen LogP contribution in [0.3, 0.4) is 0 Å². The molecule has 0 bridgehead atoms. The third-order valence-electron chi connectivity index (χ3n) is 2.82. The van der Waals surface area contributed by atoms with Crippen LogP contribution in [0.1, 0.15) is 45.4 Å². The quantitative estimate of drug-likeness (QED) is 0.433. The van der Waals surface area contributed by atoms with E-state index in [2.05, 4.69) is 5.16 Å². The van der Waals surface area contributed by atoms with Crippen LogP contribution in [-0.2, 0) is 9.53 Å².